The molecule has 2 aliphatic heterocycles. The van der Waals surface area contributed by atoms with E-state index in [0.717, 1.165) is 37.9 Å². The minimum atomic E-state index is -0.215. The zero-order valence-electron chi connectivity index (χ0n) is 15.5. The van der Waals surface area contributed by atoms with E-state index in [2.05, 4.69) is 21.1 Å². The Morgan fingerprint density at radius 3 is 2.57 bits per heavy atom. The van der Waals surface area contributed by atoms with Gasteiger partial charge in [0.2, 0.25) is 0 Å². The summed E-state index contributed by atoms with van der Waals surface area (Å²) in [7, 11) is 0. The van der Waals surface area contributed by atoms with E-state index >= 15 is 0 Å². The number of halogens is 2. The highest BCUT2D eigenvalue weighted by molar-refractivity contribution is 6.30. The van der Waals surface area contributed by atoms with E-state index in [9.17, 15) is 9.18 Å². The van der Waals surface area contributed by atoms with Crippen LogP contribution in [0.5, 0.6) is 0 Å². The molecule has 4 rings (SSSR count). The molecule has 0 bridgehead atoms. The summed E-state index contributed by atoms with van der Waals surface area (Å²) < 4.78 is 13.1. The van der Waals surface area contributed by atoms with Gasteiger partial charge in [-0.25, -0.2) is 15.2 Å². The summed E-state index contributed by atoms with van der Waals surface area (Å²) in [6, 6.07) is 14.0. The molecule has 0 aromatic heterocycles. The molecule has 0 radical (unpaired) electrons. The fourth-order valence-electron chi connectivity index (χ4n) is 3.95. The largest absolute Gasteiger partial charge is 0.349 e. The molecule has 2 aliphatic rings. The predicted molar refractivity (Wildman–Crippen MR) is 107 cm³/mol. The molecule has 0 saturated carbocycles. The number of benzene rings is 2. The lowest BCUT2D eigenvalue weighted by atomic mass is 10.0. The number of carbonyl (C=O) groups is 1. The van der Waals surface area contributed by atoms with Crippen LogP contribution < -0.4 is 16.2 Å². The summed E-state index contributed by atoms with van der Waals surface area (Å²) in [6.45, 7) is 1.83. The van der Waals surface area contributed by atoms with Crippen molar-refractivity contribution in [3.8, 4) is 0 Å². The van der Waals surface area contributed by atoms with E-state index in [-0.39, 0.29) is 30.0 Å². The summed E-state index contributed by atoms with van der Waals surface area (Å²) in [5.74, 6) is -0.286. The fourth-order valence-corrected chi connectivity index (χ4v) is 4.14. The van der Waals surface area contributed by atoms with Crippen LogP contribution >= 0.6 is 11.6 Å². The van der Waals surface area contributed by atoms with Crippen molar-refractivity contribution in [2.75, 3.05) is 13.1 Å². The minimum Gasteiger partial charge on any atom is -0.349 e. The number of piperidine rings is 1. The first-order chi connectivity index (χ1) is 13.6. The van der Waals surface area contributed by atoms with Crippen molar-refractivity contribution < 1.29 is 9.18 Å². The highest BCUT2D eigenvalue weighted by atomic mass is 35.5. The van der Waals surface area contributed by atoms with Crippen molar-refractivity contribution in [1.82, 2.24) is 21.1 Å². The third-order valence-electron chi connectivity index (χ3n) is 5.55. The molecule has 2 atom stereocenters. The highest BCUT2D eigenvalue weighted by Crippen LogP contribution is 2.26. The van der Waals surface area contributed by atoms with Crippen molar-refractivity contribution in [3.63, 3.8) is 0 Å². The summed E-state index contributed by atoms with van der Waals surface area (Å²) in [6.07, 6.45) is 2.97. The molecule has 2 saturated heterocycles. The second kappa shape index (κ2) is 8.57. The SMILES string of the molecule is O=C(NC1CCN(C2CC(c3ccc(F)cc3)NN2)CC1)c1cccc(Cl)c1. The van der Waals surface area contributed by atoms with Gasteiger partial charge in [-0.05, 0) is 55.2 Å². The van der Waals surface area contributed by atoms with Crippen molar-refractivity contribution in [1.29, 1.82) is 0 Å². The second-order valence-electron chi connectivity index (χ2n) is 7.44. The third-order valence-corrected chi connectivity index (χ3v) is 5.78. The lowest BCUT2D eigenvalue weighted by Crippen LogP contribution is -2.51. The second-order valence-corrected chi connectivity index (χ2v) is 7.87. The Morgan fingerprint density at radius 1 is 1.11 bits per heavy atom. The van der Waals surface area contributed by atoms with Gasteiger partial charge in [0.25, 0.3) is 5.91 Å². The number of hydrogen-bond acceptors (Lipinski definition) is 4. The first kappa shape index (κ1) is 19.3. The molecule has 2 unspecified atom stereocenters. The Hall–Kier alpha value is -1.99. The van der Waals surface area contributed by atoms with Crippen molar-refractivity contribution in [2.45, 2.75) is 37.5 Å². The van der Waals surface area contributed by atoms with Gasteiger partial charge in [0.15, 0.2) is 0 Å². The van der Waals surface area contributed by atoms with E-state index in [1.807, 2.05) is 12.1 Å². The number of amides is 1. The van der Waals surface area contributed by atoms with E-state index in [1.165, 1.54) is 12.1 Å². The van der Waals surface area contributed by atoms with E-state index in [4.69, 9.17) is 11.6 Å². The van der Waals surface area contributed by atoms with Crippen LogP contribution in [0.2, 0.25) is 5.02 Å². The Labute approximate surface area is 169 Å². The number of nitrogens with one attached hydrogen (secondary N) is 3. The van der Waals surface area contributed by atoms with Gasteiger partial charge in [-0.1, -0.05) is 29.8 Å². The van der Waals surface area contributed by atoms with Crippen LogP contribution in [0.15, 0.2) is 48.5 Å². The van der Waals surface area contributed by atoms with Crippen molar-refractivity contribution in [3.05, 3.63) is 70.5 Å². The first-order valence-corrected chi connectivity index (χ1v) is 10.0. The molecule has 2 aromatic rings. The lowest BCUT2D eigenvalue weighted by Gasteiger charge is -2.35. The molecule has 148 valence electrons. The number of rotatable bonds is 4. The highest BCUT2D eigenvalue weighted by Gasteiger charge is 2.32. The van der Waals surface area contributed by atoms with Gasteiger partial charge in [0, 0.05) is 35.8 Å². The Morgan fingerprint density at radius 2 is 1.86 bits per heavy atom. The fraction of sp³-hybridized carbons (Fsp3) is 0.381. The van der Waals surface area contributed by atoms with Crippen molar-refractivity contribution in [2.24, 2.45) is 0 Å². The minimum absolute atomic E-state index is 0.0713. The Kier molecular flexibility index (Phi) is 5.92. The normalized spacial score (nSPS) is 23.6. The number of carbonyl (C=O) groups excluding carboxylic acids is 1. The predicted octanol–water partition coefficient (Wildman–Crippen LogP) is 3.24. The molecule has 2 heterocycles. The molecule has 0 aliphatic carbocycles. The van der Waals surface area contributed by atoms with Crippen LogP contribution in [0.25, 0.3) is 0 Å². The van der Waals surface area contributed by atoms with Gasteiger partial charge in [0.1, 0.15) is 5.82 Å². The molecule has 7 heteroatoms. The zero-order valence-corrected chi connectivity index (χ0v) is 16.3. The first-order valence-electron chi connectivity index (χ1n) is 9.65. The summed E-state index contributed by atoms with van der Waals surface area (Å²) in [4.78, 5) is 14.8. The molecule has 2 fully saturated rings. The van der Waals surface area contributed by atoms with Gasteiger partial charge in [-0.3, -0.25) is 9.69 Å². The molecular weight excluding hydrogens is 379 g/mol. The number of likely N-dealkylation sites (tertiary alicyclic amines) is 1. The number of hydrogen-bond donors (Lipinski definition) is 3. The molecular formula is C21H24ClFN4O. The Balaban J connectivity index is 1.26. The van der Waals surface area contributed by atoms with E-state index < -0.39 is 0 Å². The molecule has 5 nitrogen and oxygen atoms in total. The number of hydrazine groups is 1. The Bertz CT molecular complexity index is 823. The molecule has 28 heavy (non-hydrogen) atoms. The standard InChI is InChI=1S/C21H24ClFN4O/c22-16-3-1-2-15(12-16)21(28)24-18-8-10-27(11-9-18)20-13-19(25-26-20)14-4-6-17(23)7-5-14/h1-7,12,18-20,25-26H,8-11,13H2,(H,24,28). The maximum absolute atomic E-state index is 13.1. The van der Waals surface area contributed by atoms with Gasteiger partial charge >= 0.3 is 0 Å². The topological polar surface area (TPSA) is 56.4 Å². The van der Waals surface area contributed by atoms with Gasteiger partial charge in [-0.2, -0.15) is 0 Å². The summed E-state index contributed by atoms with van der Waals surface area (Å²) in [5, 5.41) is 3.69. The van der Waals surface area contributed by atoms with E-state index in [0.29, 0.717) is 10.6 Å². The number of nitrogens with zero attached hydrogens (tertiary/aromatic N) is 1. The van der Waals surface area contributed by atoms with Crippen LogP contribution in [0.3, 0.4) is 0 Å². The van der Waals surface area contributed by atoms with Crippen LogP contribution in [-0.4, -0.2) is 36.1 Å². The molecule has 0 spiro atoms. The maximum atomic E-state index is 13.1. The average molecular weight is 403 g/mol. The summed E-state index contributed by atoms with van der Waals surface area (Å²) >= 11 is 5.97. The quantitative estimate of drug-likeness (QED) is 0.735. The molecule has 1 amide bonds. The third kappa shape index (κ3) is 4.52. The van der Waals surface area contributed by atoms with Gasteiger partial charge in [-0.15, -0.1) is 0 Å². The van der Waals surface area contributed by atoms with Crippen LogP contribution in [-0.2, 0) is 0 Å². The molecule has 2 aromatic carbocycles. The van der Waals surface area contributed by atoms with Crippen LogP contribution in [0.1, 0.15) is 41.2 Å². The van der Waals surface area contributed by atoms with Gasteiger partial charge in [0.05, 0.1) is 6.17 Å². The maximum Gasteiger partial charge on any atom is 0.251 e. The van der Waals surface area contributed by atoms with Gasteiger partial charge < -0.3 is 5.32 Å². The van der Waals surface area contributed by atoms with E-state index in [1.54, 1.807) is 24.3 Å². The van der Waals surface area contributed by atoms with Crippen molar-refractivity contribution >= 4 is 17.5 Å². The van der Waals surface area contributed by atoms with Crippen LogP contribution in [0, 0.1) is 5.82 Å². The average Bonchev–Trinajstić information content (AvgIpc) is 3.19. The summed E-state index contributed by atoms with van der Waals surface area (Å²) in [5.41, 5.74) is 8.35. The zero-order chi connectivity index (χ0) is 19.5. The smallest absolute Gasteiger partial charge is 0.251 e. The monoisotopic (exact) mass is 402 g/mol. The van der Waals surface area contributed by atoms with Crippen LogP contribution in [0.4, 0.5) is 4.39 Å². The molecule has 3 N–H and O–H groups in total. The lowest BCUT2D eigenvalue weighted by molar-refractivity contribution is 0.0880.